The monoisotopic (exact) mass is 472 g/mol. The molecule has 1 heterocycles. The highest BCUT2D eigenvalue weighted by molar-refractivity contribution is 5.94. The van der Waals surface area contributed by atoms with E-state index in [1.54, 1.807) is 0 Å². The van der Waals surface area contributed by atoms with E-state index in [-0.39, 0.29) is 30.3 Å². The average molecular weight is 473 g/mol. The third-order valence-corrected chi connectivity index (χ3v) is 8.69. The van der Waals surface area contributed by atoms with E-state index in [2.05, 4.69) is 13.2 Å². The van der Waals surface area contributed by atoms with E-state index in [9.17, 15) is 24.3 Å². The molecule has 0 spiro atoms. The molecule has 2 N–H and O–H groups in total. The van der Waals surface area contributed by atoms with Gasteiger partial charge in [-0.05, 0) is 62.2 Å². The van der Waals surface area contributed by atoms with Gasteiger partial charge in [0.05, 0.1) is 11.5 Å². The van der Waals surface area contributed by atoms with Crippen LogP contribution in [0.1, 0.15) is 58.3 Å². The molecule has 5 rings (SSSR count). The van der Waals surface area contributed by atoms with E-state index < -0.39 is 46.6 Å². The Morgan fingerprint density at radius 2 is 1.71 bits per heavy atom. The van der Waals surface area contributed by atoms with Crippen molar-refractivity contribution in [3.05, 3.63) is 36.5 Å². The minimum Gasteiger partial charge on any atom is -0.478 e. The second-order valence-electron chi connectivity index (χ2n) is 10.3. The molecule has 4 aliphatic carbocycles. The van der Waals surface area contributed by atoms with Gasteiger partial charge in [0.2, 0.25) is 0 Å². The first kappa shape index (κ1) is 24.2. The van der Waals surface area contributed by atoms with Crippen molar-refractivity contribution in [3.63, 3.8) is 0 Å². The van der Waals surface area contributed by atoms with E-state index in [1.807, 2.05) is 6.92 Å². The molecule has 2 atom stereocenters. The van der Waals surface area contributed by atoms with Crippen LogP contribution in [0, 0.1) is 29.6 Å². The number of cyclic esters (lactones) is 1. The van der Waals surface area contributed by atoms with E-state index >= 15 is 0 Å². The molecule has 0 aromatic heterocycles. The third kappa shape index (κ3) is 3.87. The normalized spacial score (nSPS) is 36.8. The van der Waals surface area contributed by atoms with Crippen molar-refractivity contribution in [2.45, 2.75) is 69.5 Å². The molecule has 2 unspecified atom stereocenters. The molecule has 0 amide bonds. The zero-order valence-electron chi connectivity index (χ0n) is 19.5. The van der Waals surface area contributed by atoms with Crippen molar-refractivity contribution in [2.24, 2.45) is 29.6 Å². The number of rotatable bonds is 9. The standard InChI is InChI=1S/C26H32O8/c1-4-25(18-10-16-9-17(12-18)13-19(25)11-16)34-24(32)15(3)26(8-7-22(29)33-26)20(5-6-21(27)28)14(2)23(30)31/h5-6,16-20H,2-4,7-13H2,1H3,(H,27,28)(H,30,31). The van der Waals surface area contributed by atoms with Gasteiger partial charge in [-0.1, -0.05) is 26.2 Å². The number of hydrogen-bond acceptors (Lipinski definition) is 6. The Morgan fingerprint density at radius 1 is 1.12 bits per heavy atom. The fourth-order valence-electron chi connectivity index (χ4n) is 7.28. The predicted molar refractivity (Wildman–Crippen MR) is 120 cm³/mol. The van der Waals surface area contributed by atoms with Gasteiger partial charge in [0.15, 0.2) is 5.60 Å². The Labute approximate surface area is 198 Å². The van der Waals surface area contributed by atoms with Gasteiger partial charge in [0.25, 0.3) is 0 Å². The van der Waals surface area contributed by atoms with Crippen LogP contribution in [-0.2, 0) is 28.7 Å². The largest absolute Gasteiger partial charge is 0.478 e. The van der Waals surface area contributed by atoms with Gasteiger partial charge in [-0.2, -0.15) is 0 Å². The molecule has 8 heteroatoms. The minimum atomic E-state index is -1.77. The number of carbonyl (C=O) groups excluding carboxylic acids is 2. The SMILES string of the molecule is C=C(C(=O)O)C(C=CC(=O)O)C1(C(=C)C(=O)OC2(CC)C3CC4CC(C3)CC2C4)CCC(=O)O1. The van der Waals surface area contributed by atoms with Crippen molar-refractivity contribution < 1.29 is 38.9 Å². The van der Waals surface area contributed by atoms with Crippen LogP contribution in [0.5, 0.6) is 0 Å². The van der Waals surface area contributed by atoms with E-state index in [4.69, 9.17) is 14.6 Å². The lowest BCUT2D eigenvalue weighted by molar-refractivity contribution is -0.209. The fraction of sp³-hybridized carbons (Fsp3) is 0.615. The first-order valence-electron chi connectivity index (χ1n) is 12.0. The molecule has 4 saturated carbocycles. The lowest BCUT2D eigenvalue weighted by Gasteiger charge is -2.60. The highest BCUT2D eigenvalue weighted by Gasteiger charge is 2.60. The summed E-state index contributed by atoms with van der Waals surface area (Å²) < 4.78 is 11.8. The van der Waals surface area contributed by atoms with Crippen LogP contribution < -0.4 is 0 Å². The summed E-state index contributed by atoms with van der Waals surface area (Å²) in [5.74, 6) is -3.45. The van der Waals surface area contributed by atoms with Crippen molar-refractivity contribution >= 4 is 23.9 Å². The van der Waals surface area contributed by atoms with Crippen LogP contribution in [0.3, 0.4) is 0 Å². The van der Waals surface area contributed by atoms with Crippen LogP contribution in [0.2, 0.25) is 0 Å². The molecule has 34 heavy (non-hydrogen) atoms. The molecule has 4 bridgehead atoms. The maximum Gasteiger partial charge on any atom is 0.338 e. The Balaban J connectivity index is 1.66. The van der Waals surface area contributed by atoms with Gasteiger partial charge in [-0.3, -0.25) is 4.79 Å². The van der Waals surface area contributed by atoms with Crippen LogP contribution >= 0.6 is 0 Å². The van der Waals surface area contributed by atoms with E-state index in [0.29, 0.717) is 18.3 Å². The second-order valence-corrected chi connectivity index (χ2v) is 10.3. The lowest BCUT2D eigenvalue weighted by atomic mass is 9.49. The van der Waals surface area contributed by atoms with Crippen molar-refractivity contribution in [2.75, 3.05) is 0 Å². The van der Waals surface area contributed by atoms with Gasteiger partial charge in [0, 0.05) is 24.5 Å². The molecule has 0 aromatic carbocycles. The first-order valence-corrected chi connectivity index (χ1v) is 12.0. The zero-order valence-corrected chi connectivity index (χ0v) is 19.5. The number of esters is 2. The summed E-state index contributed by atoms with van der Waals surface area (Å²) in [5.41, 5.74) is -2.97. The summed E-state index contributed by atoms with van der Waals surface area (Å²) in [7, 11) is 0. The van der Waals surface area contributed by atoms with Crippen molar-refractivity contribution in [3.8, 4) is 0 Å². The van der Waals surface area contributed by atoms with Gasteiger partial charge < -0.3 is 19.7 Å². The molecule has 1 aliphatic heterocycles. The molecule has 0 aromatic rings. The third-order valence-electron chi connectivity index (χ3n) is 8.69. The highest BCUT2D eigenvalue weighted by atomic mass is 16.6. The summed E-state index contributed by atoms with van der Waals surface area (Å²) in [5, 5.41) is 18.7. The number of aliphatic carboxylic acids is 2. The number of carbonyl (C=O) groups is 4. The van der Waals surface area contributed by atoms with E-state index in [1.165, 1.54) is 6.42 Å². The first-order chi connectivity index (χ1) is 16.0. The molecular formula is C26H32O8. The van der Waals surface area contributed by atoms with Crippen LogP contribution in [-0.4, -0.2) is 45.3 Å². The maximum absolute atomic E-state index is 13.6. The van der Waals surface area contributed by atoms with Crippen LogP contribution in [0.15, 0.2) is 36.5 Å². The van der Waals surface area contributed by atoms with Gasteiger partial charge in [0.1, 0.15) is 5.60 Å². The van der Waals surface area contributed by atoms with Gasteiger partial charge in [-0.15, -0.1) is 0 Å². The maximum atomic E-state index is 13.6. The topological polar surface area (TPSA) is 127 Å². The number of hydrogen-bond donors (Lipinski definition) is 2. The van der Waals surface area contributed by atoms with E-state index in [0.717, 1.165) is 37.8 Å². The second kappa shape index (κ2) is 8.71. The summed E-state index contributed by atoms with van der Waals surface area (Å²) in [4.78, 5) is 48.8. The molecule has 0 radical (unpaired) electrons. The number of ether oxygens (including phenoxy) is 2. The summed E-state index contributed by atoms with van der Waals surface area (Å²) in [6.07, 6.45) is 7.78. The molecule has 8 nitrogen and oxygen atoms in total. The van der Waals surface area contributed by atoms with Gasteiger partial charge in [-0.25, -0.2) is 14.4 Å². The van der Waals surface area contributed by atoms with Crippen molar-refractivity contribution in [1.82, 2.24) is 0 Å². The molecule has 1 saturated heterocycles. The van der Waals surface area contributed by atoms with Crippen LogP contribution in [0.4, 0.5) is 0 Å². The lowest BCUT2D eigenvalue weighted by Crippen LogP contribution is -2.60. The molecule has 184 valence electrons. The smallest absolute Gasteiger partial charge is 0.338 e. The fourth-order valence-corrected chi connectivity index (χ4v) is 7.28. The van der Waals surface area contributed by atoms with Crippen LogP contribution in [0.25, 0.3) is 0 Å². The molecule has 5 aliphatic rings. The Kier molecular flexibility index (Phi) is 6.21. The van der Waals surface area contributed by atoms with Crippen molar-refractivity contribution in [1.29, 1.82) is 0 Å². The molecule has 5 fully saturated rings. The average Bonchev–Trinajstić information content (AvgIpc) is 3.17. The number of carboxylic acids is 2. The minimum absolute atomic E-state index is 0.0309. The Hall–Kier alpha value is -2.90. The summed E-state index contributed by atoms with van der Waals surface area (Å²) in [6.45, 7) is 9.50. The predicted octanol–water partition coefficient (Wildman–Crippen LogP) is 3.66. The number of carboxylic acid groups (broad SMARTS) is 2. The zero-order chi connectivity index (χ0) is 24.8. The quantitative estimate of drug-likeness (QED) is 0.384. The summed E-state index contributed by atoms with van der Waals surface area (Å²) in [6, 6.07) is 0. The van der Waals surface area contributed by atoms with Gasteiger partial charge >= 0.3 is 23.9 Å². The highest BCUT2D eigenvalue weighted by Crippen LogP contribution is 2.61. The molecular weight excluding hydrogens is 440 g/mol. The Morgan fingerprint density at radius 3 is 2.15 bits per heavy atom. The Bertz CT molecular complexity index is 947. The summed E-state index contributed by atoms with van der Waals surface area (Å²) >= 11 is 0.